The van der Waals surface area contributed by atoms with Gasteiger partial charge < -0.3 is 20.5 Å². The highest BCUT2D eigenvalue weighted by Gasteiger charge is 2.10. The van der Waals surface area contributed by atoms with Gasteiger partial charge in [0.25, 0.3) is 11.5 Å². The van der Waals surface area contributed by atoms with Crippen molar-refractivity contribution < 1.29 is 15.0 Å². The van der Waals surface area contributed by atoms with E-state index in [2.05, 4.69) is 10.3 Å². The Morgan fingerprint density at radius 3 is 2.86 bits per heavy atom. The summed E-state index contributed by atoms with van der Waals surface area (Å²) in [5.74, 6) is -0.933. The Bertz CT molecular complexity index is 385. The van der Waals surface area contributed by atoms with E-state index in [0.29, 0.717) is 0 Å². The van der Waals surface area contributed by atoms with Gasteiger partial charge in [0.2, 0.25) is 0 Å². The van der Waals surface area contributed by atoms with Crippen molar-refractivity contribution in [3.8, 4) is 5.75 Å². The van der Waals surface area contributed by atoms with Gasteiger partial charge in [0.05, 0.1) is 12.2 Å². The summed E-state index contributed by atoms with van der Waals surface area (Å²) >= 11 is 0. The Hall–Kier alpha value is -1.82. The Kier molecular flexibility index (Phi) is 3.24. The van der Waals surface area contributed by atoms with Gasteiger partial charge in [-0.05, 0) is 0 Å². The Morgan fingerprint density at radius 1 is 1.57 bits per heavy atom. The molecule has 0 saturated carbocycles. The number of nitrogens with one attached hydrogen (secondary N) is 2. The van der Waals surface area contributed by atoms with E-state index in [4.69, 9.17) is 5.11 Å². The zero-order valence-electron chi connectivity index (χ0n) is 7.28. The third kappa shape index (κ3) is 2.33. The van der Waals surface area contributed by atoms with Crippen LogP contribution in [-0.2, 0) is 0 Å². The van der Waals surface area contributed by atoms with Gasteiger partial charge in [-0.25, -0.2) is 0 Å². The summed E-state index contributed by atoms with van der Waals surface area (Å²) in [5, 5.41) is 20.0. The SMILES string of the molecule is O=C(NCCO)c1c[nH]c(=O)cc1O. The highest BCUT2D eigenvalue weighted by atomic mass is 16.3. The quantitative estimate of drug-likeness (QED) is 0.490. The molecular formula is C8H10N2O4. The van der Waals surface area contributed by atoms with E-state index >= 15 is 0 Å². The van der Waals surface area contributed by atoms with Crippen molar-refractivity contribution in [2.75, 3.05) is 13.2 Å². The third-order valence-corrected chi connectivity index (χ3v) is 1.54. The molecule has 0 aliphatic rings. The second-order valence-electron chi connectivity index (χ2n) is 2.58. The number of aromatic hydroxyl groups is 1. The topological polar surface area (TPSA) is 102 Å². The molecule has 1 aromatic rings. The maximum Gasteiger partial charge on any atom is 0.256 e. The van der Waals surface area contributed by atoms with Crippen LogP contribution in [0.3, 0.4) is 0 Å². The van der Waals surface area contributed by atoms with Crippen molar-refractivity contribution in [1.82, 2.24) is 10.3 Å². The number of carbonyl (C=O) groups excluding carboxylic acids is 1. The fourth-order valence-electron chi connectivity index (χ4n) is 0.907. The molecule has 6 heteroatoms. The second-order valence-corrected chi connectivity index (χ2v) is 2.58. The van der Waals surface area contributed by atoms with Crippen molar-refractivity contribution in [2.45, 2.75) is 0 Å². The molecule has 1 rings (SSSR count). The normalized spacial score (nSPS) is 9.79. The van der Waals surface area contributed by atoms with Crippen molar-refractivity contribution in [1.29, 1.82) is 0 Å². The average Bonchev–Trinajstić information content (AvgIpc) is 2.14. The number of aliphatic hydroxyl groups is 1. The van der Waals surface area contributed by atoms with Gasteiger partial charge >= 0.3 is 0 Å². The van der Waals surface area contributed by atoms with Crippen molar-refractivity contribution in [3.05, 3.63) is 28.2 Å². The monoisotopic (exact) mass is 198 g/mol. The van der Waals surface area contributed by atoms with Crippen LogP contribution in [0.25, 0.3) is 0 Å². The Morgan fingerprint density at radius 2 is 2.29 bits per heavy atom. The van der Waals surface area contributed by atoms with E-state index in [9.17, 15) is 14.7 Å². The van der Waals surface area contributed by atoms with E-state index in [1.807, 2.05) is 0 Å². The third-order valence-electron chi connectivity index (χ3n) is 1.54. The lowest BCUT2D eigenvalue weighted by atomic mass is 10.2. The van der Waals surface area contributed by atoms with Gasteiger partial charge in [-0.3, -0.25) is 9.59 Å². The van der Waals surface area contributed by atoms with E-state index < -0.39 is 11.5 Å². The molecule has 1 aromatic heterocycles. The van der Waals surface area contributed by atoms with Crippen LogP contribution in [0.15, 0.2) is 17.1 Å². The van der Waals surface area contributed by atoms with Gasteiger partial charge in [-0.15, -0.1) is 0 Å². The first kappa shape index (κ1) is 10.3. The average molecular weight is 198 g/mol. The Balaban J connectivity index is 2.85. The van der Waals surface area contributed by atoms with Crippen LogP contribution in [0.5, 0.6) is 5.75 Å². The molecule has 1 heterocycles. The first-order valence-electron chi connectivity index (χ1n) is 3.96. The van der Waals surface area contributed by atoms with Crippen molar-refractivity contribution >= 4 is 5.91 Å². The first-order valence-corrected chi connectivity index (χ1v) is 3.96. The van der Waals surface area contributed by atoms with Crippen LogP contribution in [0.4, 0.5) is 0 Å². The minimum atomic E-state index is -0.548. The van der Waals surface area contributed by atoms with Gasteiger partial charge in [0.1, 0.15) is 5.75 Å². The summed E-state index contributed by atoms with van der Waals surface area (Å²) in [4.78, 5) is 24.2. The smallest absolute Gasteiger partial charge is 0.256 e. The lowest BCUT2D eigenvalue weighted by molar-refractivity contribution is 0.0941. The standard InChI is InChI=1S/C8H10N2O4/c11-2-1-9-8(14)5-4-10-7(13)3-6(5)12/h3-4,11H,1-2H2,(H,9,14)(H2,10,12,13). The summed E-state index contributed by atoms with van der Waals surface area (Å²) < 4.78 is 0. The minimum Gasteiger partial charge on any atom is -0.507 e. The molecule has 6 nitrogen and oxygen atoms in total. The summed E-state index contributed by atoms with van der Waals surface area (Å²) in [6, 6.07) is 0.911. The molecular weight excluding hydrogens is 188 g/mol. The molecule has 0 saturated heterocycles. The van der Waals surface area contributed by atoms with Gasteiger partial charge in [-0.2, -0.15) is 0 Å². The van der Waals surface area contributed by atoms with Gasteiger partial charge in [0, 0.05) is 18.8 Å². The summed E-state index contributed by atoms with van der Waals surface area (Å²) in [7, 11) is 0. The molecule has 0 spiro atoms. The van der Waals surface area contributed by atoms with Crippen molar-refractivity contribution in [3.63, 3.8) is 0 Å². The van der Waals surface area contributed by atoms with Gasteiger partial charge in [-0.1, -0.05) is 0 Å². The first-order chi connectivity index (χ1) is 6.65. The van der Waals surface area contributed by atoms with E-state index in [1.165, 1.54) is 0 Å². The predicted octanol–water partition coefficient (Wildman–Crippen LogP) is -1.20. The number of aromatic nitrogens is 1. The number of carbonyl (C=O) groups is 1. The van der Waals surface area contributed by atoms with Gasteiger partial charge in [0.15, 0.2) is 0 Å². The minimum absolute atomic E-state index is 0.0296. The molecule has 76 valence electrons. The fourth-order valence-corrected chi connectivity index (χ4v) is 0.907. The summed E-state index contributed by atoms with van der Waals surface area (Å²) in [6.45, 7) is -0.0900. The molecule has 1 amide bonds. The number of hydrogen-bond acceptors (Lipinski definition) is 4. The van der Waals surface area contributed by atoms with E-state index in [-0.39, 0.29) is 24.5 Å². The summed E-state index contributed by atoms with van der Waals surface area (Å²) in [5.41, 5.74) is -0.515. The largest absolute Gasteiger partial charge is 0.507 e. The van der Waals surface area contributed by atoms with E-state index in [0.717, 1.165) is 12.3 Å². The molecule has 0 radical (unpaired) electrons. The van der Waals surface area contributed by atoms with Crippen LogP contribution in [0, 0.1) is 0 Å². The number of rotatable bonds is 3. The number of amides is 1. The zero-order chi connectivity index (χ0) is 10.6. The van der Waals surface area contributed by atoms with E-state index in [1.54, 1.807) is 0 Å². The molecule has 0 aliphatic carbocycles. The molecule has 0 atom stereocenters. The summed E-state index contributed by atoms with van der Waals surface area (Å²) in [6.07, 6.45) is 1.12. The molecule has 0 aliphatic heterocycles. The zero-order valence-corrected chi connectivity index (χ0v) is 7.28. The maximum atomic E-state index is 11.2. The second kappa shape index (κ2) is 4.43. The predicted molar refractivity (Wildman–Crippen MR) is 48.1 cm³/mol. The highest BCUT2D eigenvalue weighted by molar-refractivity contribution is 5.96. The Labute approximate surface area is 79.2 Å². The molecule has 4 N–H and O–H groups in total. The lowest BCUT2D eigenvalue weighted by Gasteiger charge is -2.03. The molecule has 0 fully saturated rings. The van der Waals surface area contributed by atoms with Crippen LogP contribution < -0.4 is 10.9 Å². The lowest BCUT2D eigenvalue weighted by Crippen LogP contribution is -2.27. The van der Waals surface area contributed by atoms with Crippen LogP contribution in [-0.4, -0.2) is 34.3 Å². The maximum absolute atomic E-state index is 11.2. The van der Waals surface area contributed by atoms with Crippen LogP contribution in [0.2, 0.25) is 0 Å². The number of hydrogen-bond donors (Lipinski definition) is 4. The molecule has 0 bridgehead atoms. The molecule has 0 aromatic carbocycles. The van der Waals surface area contributed by atoms with Crippen LogP contribution >= 0.6 is 0 Å². The number of aliphatic hydroxyl groups excluding tert-OH is 1. The highest BCUT2D eigenvalue weighted by Crippen LogP contribution is 2.11. The fraction of sp³-hybridized carbons (Fsp3) is 0.250. The van der Waals surface area contributed by atoms with Crippen LogP contribution in [0.1, 0.15) is 10.4 Å². The molecule has 14 heavy (non-hydrogen) atoms. The molecule has 0 unspecified atom stereocenters. The number of pyridine rings is 1. The van der Waals surface area contributed by atoms with Crippen molar-refractivity contribution in [2.24, 2.45) is 0 Å². The number of aromatic amines is 1. The number of H-pyrrole nitrogens is 1.